The van der Waals surface area contributed by atoms with Crippen molar-refractivity contribution < 1.29 is 4.79 Å². The summed E-state index contributed by atoms with van der Waals surface area (Å²) >= 11 is 0. The standard InChI is InChI=1S/C12H18N2O/c1-3-4-9-13-12(15)14-11-8-6-5-7-10(11)2/h5-8H,3-4,9H2,1-2H3,(H2,13,14,15). The molecule has 0 fully saturated rings. The van der Waals surface area contributed by atoms with Crippen LogP contribution in [0.2, 0.25) is 0 Å². The lowest BCUT2D eigenvalue weighted by Crippen LogP contribution is -2.29. The van der Waals surface area contributed by atoms with E-state index in [-0.39, 0.29) is 6.03 Å². The number of urea groups is 1. The van der Waals surface area contributed by atoms with E-state index < -0.39 is 0 Å². The lowest BCUT2D eigenvalue weighted by molar-refractivity contribution is 0.252. The van der Waals surface area contributed by atoms with Gasteiger partial charge in [-0.3, -0.25) is 0 Å². The average molecular weight is 206 g/mol. The molecular formula is C12H18N2O. The molecule has 0 atom stereocenters. The third-order valence-corrected chi connectivity index (χ3v) is 2.21. The van der Waals surface area contributed by atoms with Gasteiger partial charge in [0.1, 0.15) is 0 Å². The molecule has 82 valence electrons. The van der Waals surface area contributed by atoms with E-state index in [4.69, 9.17) is 0 Å². The molecule has 0 saturated heterocycles. The summed E-state index contributed by atoms with van der Waals surface area (Å²) in [6.07, 6.45) is 2.10. The van der Waals surface area contributed by atoms with Crippen LogP contribution in [0.4, 0.5) is 10.5 Å². The Morgan fingerprint density at radius 2 is 2.07 bits per heavy atom. The van der Waals surface area contributed by atoms with E-state index >= 15 is 0 Å². The maximum Gasteiger partial charge on any atom is 0.319 e. The summed E-state index contributed by atoms with van der Waals surface area (Å²) in [5.74, 6) is 0. The lowest BCUT2D eigenvalue weighted by Gasteiger charge is -2.08. The minimum Gasteiger partial charge on any atom is -0.338 e. The molecule has 1 rings (SSSR count). The fourth-order valence-corrected chi connectivity index (χ4v) is 1.26. The van der Waals surface area contributed by atoms with E-state index in [0.29, 0.717) is 0 Å². The Morgan fingerprint density at radius 1 is 1.33 bits per heavy atom. The Hall–Kier alpha value is -1.51. The molecule has 0 spiro atoms. The molecule has 3 heteroatoms. The Balaban J connectivity index is 2.41. The number of unbranched alkanes of at least 4 members (excludes halogenated alkanes) is 1. The van der Waals surface area contributed by atoms with Gasteiger partial charge >= 0.3 is 6.03 Å². The predicted molar refractivity (Wildman–Crippen MR) is 63.1 cm³/mol. The van der Waals surface area contributed by atoms with Gasteiger partial charge in [-0.05, 0) is 25.0 Å². The van der Waals surface area contributed by atoms with Gasteiger partial charge in [-0.15, -0.1) is 0 Å². The SMILES string of the molecule is CCCCNC(=O)Nc1ccccc1C. The van der Waals surface area contributed by atoms with Crippen LogP contribution in [0.15, 0.2) is 24.3 Å². The van der Waals surface area contributed by atoms with Crippen molar-refractivity contribution in [3.63, 3.8) is 0 Å². The van der Waals surface area contributed by atoms with Crippen molar-refractivity contribution in [1.29, 1.82) is 0 Å². The first-order valence-electron chi connectivity index (χ1n) is 5.34. The quantitative estimate of drug-likeness (QED) is 0.731. The summed E-state index contributed by atoms with van der Waals surface area (Å²) in [5.41, 5.74) is 1.94. The smallest absolute Gasteiger partial charge is 0.319 e. The van der Waals surface area contributed by atoms with Crippen LogP contribution in [0.25, 0.3) is 0 Å². The van der Waals surface area contributed by atoms with Crippen molar-refractivity contribution in [3.05, 3.63) is 29.8 Å². The minimum absolute atomic E-state index is 0.127. The monoisotopic (exact) mass is 206 g/mol. The molecule has 2 amide bonds. The Labute approximate surface area is 90.9 Å². The molecule has 0 aliphatic heterocycles. The van der Waals surface area contributed by atoms with Gasteiger partial charge in [0.25, 0.3) is 0 Å². The van der Waals surface area contributed by atoms with Crippen LogP contribution < -0.4 is 10.6 Å². The van der Waals surface area contributed by atoms with Crippen LogP contribution in [-0.2, 0) is 0 Å². The van der Waals surface area contributed by atoms with Crippen molar-refractivity contribution in [3.8, 4) is 0 Å². The van der Waals surface area contributed by atoms with Crippen molar-refractivity contribution in [1.82, 2.24) is 5.32 Å². The largest absolute Gasteiger partial charge is 0.338 e. The predicted octanol–water partition coefficient (Wildman–Crippen LogP) is 2.92. The third kappa shape index (κ3) is 4.02. The Kier molecular flexibility index (Phi) is 4.68. The Morgan fingerprint density at radius 3 is 2.73 bits per heavy atom. The average Bonchev–Trinajstić information content (AvgIpc) is 2.22. The van der Waals surface area contributed by atoms with Crippen molar-refractivity contribution in [2.24, 2.45) is 0 Å². The summed E-state index contributed by atoms with van der Waals surface area (Å²) in [4.78, 5) is 11.4. The maximum absolute atomic E-state index is 11.4. The second-order valence-electron chi connectivity index (χ2n) is 3.55. The first kappa shape index (κ1) is 11.6. The fourth-order valence-electron chi connectivity index (χ4n) is 1.26. The molecule has 0 heterocycles. The number of carbonyl (C=O) groups is 1. The van der Waals surface area contributed by atoms with E-state index in [0.717, 1.165) is 30.6 Å². The van der Waals surface area contributed by atoms with Crippen LogP contribution in [-0.4, -0.2) is 12.6 Å². The summed E-state index contributed by atoms with van der Waals surface area (Å²) in [6.45, 7) is 4.80. The number of carbonyl (C=O) groups excluding carboxylic acids is 1. The van der Waals surface area contributed by atoms with Gasteiger partial charge < -0.3 is 10.6 Å². The van der Waals surface area contributed by atoms with E-state index in [1.54, 1.807) is 0 Å². The zero-order valence-corrected chi connectivity index (χ0v) is 9.34. The fraction of sp³-hybridized carbons (Fsp3) is 0.417. The molecule has 0 aliphatic carbocycles. The minimum atomic E-state index is -0.127. The topological polar surface area (TPSA) is 41.1 Å². The number of hydrogen-bond donors (Lipinski definition) is 2. The normalized spacial score (nSPS) is 9.73. The number of rotatable bonds is 4. The highest BCUT2D eigenvalue weighted by Crippen LogP contribution is 2.12. The van der Waals surface area contributed by atoms with Gasteiger partial charge in [0.05, 0.1) is 0 Å². The summed E-state index contributed by atoms with van der Waals surface area (Å²) in [5, 5.41) is 5.63. The molecule has 3 nitrogen and oxygen atoms in total. The Bertz CT molecular complexity index is 323. The van der Waals surface area contributed by atoms with E-state index in [1.165, 1.54) is 0 Å². The van der Waals surface area contributed by atoms with Gasteiger partial charge in [0.15, 0.2) is 0 Å². The van der Waals surface area contributed by atoms with Gasteiger partial charge in [0.2, 0.25) is 0 Å². The second kappa shape index (κ2) is 6.06. The highest BCUT2D eigenvalue weighted by atomic mass is 16.2. The molecule has 0 bridgehead atoms. The van der Waals surface area contributed by atoms with Crippen LogP contribution in [0, 0.1) is 6.92 Å². The van der Waals surface area contributed by atoms with Gasteiger partial charge in [-0.1, -0.05) is 31.5 Å². The maximum atomic E-state index is 11.4. The lowest BCUT2D eigenvalue weighted by atomic mass is 10.2. The number of anilines is 1. The first-order valence-corrected chi connectivity index (χ1v) is 5.34. The van der Waals surface area contributed by atoms with Gasteiger partial charge in [-0.25, -0.2) is 4.79 Å². The highest BCUT2D eigenvalue weighted by Gasteiger charge is 2.01. The first-order chi connectivity index (χ1) is 7.24. The number of para-hydroxylation sites is 1. The van der Waals surface area contributed by atoms with Crippen LogP contribution in [0.1, 0.15) is 25.3 Å². The van der Waals surface area contributed by atoms with E-state index in [2.05, 4.69) is 17.6 Å². The molecule has 0 aliphatic rings. The number of amides is 2. The molecule has 2 N–H and O–H groups in total. The zero-order chi connectivity index (χ0) is 11.1. The van der Waals surface area contributed by atoms with Crippen LogP contribution in [0.3, 0.4) is 0 Å². The molecular weight excluding hydrogens is 188 g/mol. The molecule has 0 unspecified atom stereocenters. The molecule has 0 aromatic heterocycles. The summed E-state index contributed by atoms with van der Waals surface area (Å²) in [6, 6.07) is 7.61. The van der Waals surface area contributed by atoms with E-state index in [1.807, 2.05) is 31.2 Å². The third-order valence-electron chi connectivity index (χ3n) is 2.21. The van der Waals surface area contributed by atoms with Gasteiger partial charge in [0, 0.05) is 12.2 Å². The molecule has 1 aromatic carbocycles. The highest BCUT2D eigenvalue weighted by molar-refractivity contribution is 5.89. The summed E-state index contributed by atoms with van der Waals surface area (Å²) < 4.78 is 0. The number of aryl methyl sites for hydroxylation is 1. The van der Waals surface area contributed by atoms with Gasteiger partial charge in [-0.2, -0.15) is 0 Å². The molecule has 0 radical (unpaired) electrons. The van der Waals surface area contributed by atoms with Crippen molar-refractivity contribution >= 4 is 11.7 Å². The van der Waals surface area contributed by atoms with Crippen LogP contribution >= 0.6 is 0 Å². The second-order valence-corrected chi connectivity index (χ2v) is 3.55. The number of benzene rings is 1. The summed E-state index contributed by atoms with van der Waals surface area (Å²) in [7, 11) is 0. The van der Waals surface area contributed by atoms with E-state index in [9.17, 15) is 4.79 Å². The molecule has 1 aromatic rings. The zero-order valence-electron chi connectivity index (χ0n) is 9.34. The van der Waals surface area contributed by atoms with Crippen molar-refractivity contribution in [2.45, 2.75) is 26.7 Å². The van der Waals surface area contributed by atoms with Crippen LogP contribution in [0.5, 0.6) is 0 Å². The molecule has 0 saturated carbocycles. The number of nitrogens with one attached hydrogen (secondary N) is 2. The molecule has 15 heavy (non-hydrogen) atoms. The number of hydrogen-bond acceptors (Lipinski definition) is 1. The van der Waals surface area contributed by atoms with Crippen molar-refractivity contribution in [2.75, 3.05) is 11.9 Å².